The molecule has 0 aliphatic heterocycles. The van der Waals surface area contributed by atoms with E-state index in [0.717, 1.165) is 5.56 Å². The van der Waals surface area contributed by atoms with Gasteiger partial charge in [0.15, 0.2) is 5.78 Å². The van der Waals surface area contributed by atoms with Crippen molar-refractivity contribution < 1.29 is 4.79 Å². The zero-order chi connectivity index (χ0) is 14.2. The van der Waals surface area contributed by atoms with Crippen LogP contribution in [0, 0.1) is 17.2 Å². The molecule has 1 heterocycles. The first kappa shape index (κ1) is 13.7. The summed E-state index contributed by atoms with van der Waals surface area (Å²) in [5, 5.41) is 9.13. The molecule has 0 bridgehead atoms. The first-order valence-electron chi connectivity index (χ1n) is 6.35. The van der Waals surface area contributed by atoms with Crippen LogP contribution in [0.15, 0.2) is 60.9 Å². The van der Waals surface area contributed by atoms with Crippen LogP contribution < -0.4 is 0 Å². The highest BCUT2D eigenvalue weighted by atomic mass is 16.1. The Labute approximate surface area is 118 Å². The molecule has 0 aliphatic rings. The summed E-state index contributed by atoms with van der Waals surface area (Å²) < 4.78 is 0. The van der Waals surface area contributed by atoms with E-state index in [2.05, 4.69) is 11.1 Å². The van der Waals surface area contributed by atoms with E-state index < -0.39 is 5.92 Å². The van der Waals surface area contributed by atoms with Gasteiger partial charge in [-0.1, -0.05) is 42.5 Å². The number of nitrogens with zero attached hydrogens (tertiary/aromatic N) is 2. The Morgan fingerprint density at radius 1 is 1.25 bits per heavy atom. The highest BCUT2D eigenvalue weighted by Gasteiger charge is 2.12. The number of aromatic nitrogens is 1. The van der Waals surface area contributed by atoms with Crippen LogP contribution >= 0.6 is 0 Å². The van der Waals surface area contributed by atoms with Gasteiger partial charge in [0.05, 0.1) is 12.0 Å². The smallest absolute Gasteiger partial charge is 0.166 e. The summed E-state index contributed by atoms with van der Waals surface area (Å²) in [4.78, 5) is 15.9. The fourth-order valence-corrected chi connectivity index (χ4v) is 1.79. The van der Waals surface area contributed by atoms with Crippen molar-refractivity contribution in [1.82, 2.24) is 4.98 Å². The lowest BCUT2D eigenvalue weighted by Gasteiger charge is -2.03. The Morgan fingerprint density at radius 2 is 2.05 bits per heavy atom. The number of benzene rings is 1. The molecule has 3 heteroatoms. The Kier molecular flexibility index (Phi) is 4.80. The average Bonchev–Trinajstić information content (AvgIpc) is 2.53. The van der Waals surface area contributed by atoms with Crippen molar-refractivity contribution in [2.75, 3.05) is 0 Å². The number of hydrogen-bond donors (Lipinski definition) is 0. The van der Waals surface area contributed by atoms with E-state index >= 15 is 0 Å². The van der Waals surface area contributed by atoms with Gasteiger partial charge in [-0.3, -0.25) is 9.78 Å². The van der Waals surface area contributed by atoms with Crippen LogP contribution in [0.1, 0.15) is 22.3 Å². The van der Waals surface area contributed by atoms with E-state index in [0.29, 0.717) is 5.56 Å². The zero-order valence-corrected chi connectivity index (χ0v) is 10.9. The Bertz CT molecular complexity index is 627. The number of rotatable bonds is 5. The van der Waals surface area contributed by atoms with E-state index in [4.69, 9.17) is 5.26 Å². The second kappa shape index (κ2) is 7.01. The summed E-state index contributed by atoms with van der Waals surface area (Å²) in [6.07, 6.45) is 6.95. The average molecular weight is 262 g/mol. The molecule has 0 spiro atoms. The topological polar surface area (TPSA) is 53.8 Å². The first-order valence-corrected chi connectivity index (χ1v) is 6.35. The van der Waals surface area contributed by atoms with Gasteiger partial charge in [-0.15, -0.1) is 0 Å². The summed E-state index contributed by atoms with van der Waals surface area (Å²) in [7, 11) is 0. The van der Waals surface area contributed by atoms with Gasteiger partial charge in [-0.25, -0.2) is 0 Å². The normalized spacial score (nSPS) is 11.9. The SMILES string of the molecule is N#CC(/C=C/c1ccccc1)CC(=O)c1cccnc1. The van der Waals surface area contributed by atoms with Crippen LogP contribution in [0.25, 0.3) is 6.08 Å². The third-order valence-electron chi connectivity index (χ3n) is 2.88. The molecular weight excluding hydrogens is 248 g/mol. The molecule has 0 N–H and O–H groups in total. The van der Waals surface area contributed by atoms with Crippen LogP contribution in [0.2, 0.25) is 0 Å². The maximum absolute atomic E-state index is 12.0. The number of carbonyl (C=O) groups is 1. The van der Waals surface area contributed by atoms with E-state index in [-0.39, 0.29) is 12.2 Å². The minimum Gasteiger partial charge on any atom is -0.294 e. The van der Waals surface area contributed by atoms with Gasteiger partial charge in [0.1, 0.15) is 0 Å². The van der Waals surface area contributed by atoms with Crippen molar-refractivity contribution in [3.8, 4) is 6.07 Å². The minimum atomic E-state index is -0.428. The number of allylic oxidation sites excluding steroid dienone is 1. The summed E-state index contributed by atoms with van der Waals surface area (Å²) in [5.41, 5.74) is 1.56. The second-order valence-electron chi connectivity index (χ2n) is 4.37. The van der Waals surface area contributed by atoms with Crippen LogP contribution in [0.5, 0.6) is 0 Å². The molecule has 0 aliphatic carbocycles. The fourth-order valence-electron chi connectivity index (χ4n) is 1.79. The van der Waals surface area contributed by atoms with Crippen molar-refractivity contribution in [2.24, 2.45) is 5.92 Å². The van der Waals surface area contributed by atoms with Crippen molar-refractivity contribution in [1.29, 1.82) is 5.26 Å². The number of carbonyl (C=O) groups excluding carboxylic acids is 1. The molecule has 0 saturated carbocycles. The van der Waals surface area contributed by atoms with Gasteiger partial charge in [-0.2, -0.15) is 5.26 Å². The van der Waals surface area contributed by atoms with Crippen LogP contribution in [-0.2, 0) is 0 Å². The number of hydrogen-bond acceptors (Lipinski definition) is 3. The largest absolute Gasteiger partial charge is 0.294 e. The minimum absolute atomic E-state index is 0.0673. The van der Waals surface area contributed by atoms with Crippen molar-refractivity contribution in [3.05, 3.63) is 72.1 Å². The molecule has 1 atom stereocenters. The van der Waals surface area contributed by atoms with Gasteiger partial charge < -0.3 is 0 Å². The summed E-state index contributed by atoms with van der Waals surface area (Å²) in [6.45, 7) is 0. The van der Waals surface area contributed by atoms with Gasteiger partial charge in [0.25, 0.3) is 0 Å². The van der Waals surface area contributed by atoms with Gasteiger partial charge in [0, 0.05) is 24.4 Å². The number of nitriles is 1. The quantitative estimate of drug-likeness (QED) is 0.775. The molecule has 3 nitrogen and oxygen atoms in total. The molecule has 0 radical (unpaired) electrons. The van der Waals surface area contributed by atoms with Crippen molar-refractivity contribution in [3.63, 3.8) is 0 Å². The van der Waals surface area contributed by atoms with E-state index in [1.54, 1.807) is 24.4 Å². The monoisotopic (exact) mass is 262 g/mol. The summed E-state index contributed by atoms with van der Waals surface area (Å²) in [6, 6.07) is 15.3. The summed E-state index contributed by atoms with van der Waals surface area (Å²) >= 11 is 0. The molecule has 0 fully saturated rings. The molecule has 0 amide bonds. The lowest BCUT2D eigenvalue weighted by atomic mass is 9.99. The molecular formula is C17H14N2O. The second-order valence-corrected chi connectivity index (χ2v) is 4.37. The molecule has 0 saturated heterocycles. The lowest BCUT2D eigenvalue weighted by molar-refractivity contribution is 0.0975. The van der Waals surface area contributed by atoms with Gasteiger partial charge in [0.2, 0.25) is 0 Å². The molecule has 2 rings (SSSR count). The number of Topliss-reactive ketones (excluding diaryl/α,β-unsaturated/α-hetero) is 1. The fraction of sp³-hybridized carbons (Fsp3) is 0.118. The van der Waals surface area contributed by atoms with Gasteiger partial charge in [-0.05, 0) is 17.7 Å². The van der Waals surface area contributed by atoms with Gasteiger partial charge >= 0.3 is 0 Å². The molecule has 1 aromatic heterocycles. The Hall–Kier alpha value is -2.73. The molecule has 98 valence electrons. The predicted octanol–water partition coefficient (Wildman–Crippen LogP) is 3.51. The number of ketones is 1. The van der Waals surface area contributed by atoms with Crippen LogP contribution in [0.4, 0.5) is 0 Å². The highest BCUT2D eigenvalue weighted by Crippen LogP contribution is 2.12. The Morgan fingerprint density at radius 3 is 2.70 bits per heavy atom. The molecule has 20 heavy (non-hydrogen) atoms. The zero-order valence-electron chi connectivity index (χ0n) is 10.9. The number of pyridine rings is 1. The van der Waals surface area contributed by atoms with E-state index in [1.807, 2.05) is 36.4 Å². The first-order chi connectivity index (χ1) is 9.79. The van der Waals surface area contributed by atoms with Crippen molar-refractivity contribution >= 4 is 11.9 Å². The lowest BCUT2D eigenvalue weighted by Crippen LogP contribution is -2.05. The third-order valence-corrected chi connectivity index (χ3v) is 2.88. The molecule has 1 unspecified atom stereocenters. The van der Waals surface area contributed by atoms with Crippen molar-refractivity contribution in [2.45, 2.75) is 6.42 Å². The van der Waals surface area contributed by atoms with Crippen LogP contribution in [-0.4, -0.2) is 10.8 Å². The summed E-state index contributed by atoms with van der Waals surface area (Å²) in [5.74, 6) is -0.495. The van der Waals surface area contributed by atoms with E-state index in [9.17, 15) is 4.79 Å². The highest BCUT2D eigenvalue weighted by molar-refractivity contribution is 5.96. The molecule has 2 aromatic rings. The molecule has 1 aromatic carbocycles. The Balaban J connectivity index is 2.02. The maximum Gasteiger partial charge on any atom is 0.166 e. The standard InChI is InChI=1S/C17H14N2O/c18-12-15(9-8-14-5-2-1-3-6-14)11-17(20)16-7-4-10-19-13-16/h1-10,13,15H,11H2/b9-8+. The van der Waals surface area contributed by atoms with Crippen LogP contribution in [0.3, 0.4) is 0 Å². The predicted molar refractivity (Wildman–Crippen MR) is 77.8 cm³/mol. The van der Waals surface area contributed by atoms with E-state index in [1.165, 1.54) is 6.20 Å². The third kappa shape index (κ3) is 3.89. The maximum atomic E-state index is 12.0.